The Hall–Kier alpha value is -0.320. The van der Waals surface area contributed by atoms with E-state index in [4.69, 9.17) is 5.73 Å². The fourth-order valence-corrected chi connectivity index (χ4v) is 1.83. The molecule has 0 aromatic heterocycles. The average molecular weight is 250 g/mol. The molecule has 1 saturated heterocycles. The van der Waals surface area contributed by atoms with Gasteiger partial charge in [0.25, 0.3) is 0 Å². The third-order valence-electron chi connectivity index (χ3n) is 3.07. The Morgan fingerprint density at radius 1 is 1.56 bits per heavy atom. The van der Waals surface area contributed by atoms with Crippen LogP contribution in [-0.2, 0) is 4.79 Å². The van der Waals surface area contributed by atoms with E-state index in [0.29, 0.717) is 6.54 Å². The molecule has 0 aromatic carbocycles. The van der Waals surface area contributed by atoms with E-state index in [1.165, 1.54) is 0 Å². The van der Waals surface area contributed by atoms with Crippen LogP contribution in [0.15, 0.2) is 0 Å². The normalized spacial score (nSPS) is 21.7. The third-order valence-corrected chi connectivity index (χ3v) is 3.07. The molecule has 1 rings (SSSR count). The number of carbonyl (C=O) groups is 1. The predicted molar refractivity (Wildman–Crippen MR) is 68.8 cm³/mol. The number of piperidine rings is 1. The van der Waals surface area contributed by atoms with Crippen LogP contribution in [-0.4, -0.2) is 54.5 Å². The highest BCUT2D eigenvalue weighted by Gasteiger charge is 2.21. The van der Waals surface area contributed by atoms with E-state index < -0.39 is 0 Å². The first-order valence-corrected chi connectivity index (χ1v) is 5.74. The summed E-state index contributed by atoms with van der Waals surface area (Å²) in [4.78, 5) is 15.8. The molecule has 5 heteroatoms. The maximum atomic E-state index is 11.8. The molecule has 0 radical (unpaired) electrons. The fourth-order valence-electron chi connectivity index (χ4n) is 1.83. The zero-order valence-electron chi connectivity index (χ0n) is 10.5. The summed E-state index contributed by atoms with van der Waals surface area (Å²) >= 11 is 0. The predicted octanol–water partition coefficient (Wildman–Crippen LogP) is 0.698. The molecule has 1 fully saturated rings. The van der Waals surface area contributed by atoms with Crippen LogP contribution in [0.3, 0.4) is 0 Å². The fraction of sp³-hybridized carbons (Fsp3) is 0.909. The molecule has 0 saturated carbocycles. The van der Waals surface area contributed by atoms with Crippen LogP contribution in [0.1, 0.15) is 26.7 Å². The van der Waals surface area contributed by atoms with Crippen LogP contribution >= 0.6 is 12.4 Å². The van der Waals surface area contributed by atoms with Crippen molar-refractivity contribution in [1.82, 2.24) is 9.80 Å². The van der Waals surface area contributed by atoms with E-state index in [9.17, 15) is 4.79 Å². The lowest BCUT2D eigenvalue weighted by atomic mass is 10.1. The summed E-state index contributed by atoms with van der Waals surface area (Å²) in [7, 11) is 1.86. The number of likely N-dealkylation sites (N-methyl/N-ethyl adjacent to an activating group) is 1. The van der Waals surface area contributed by atoms with Gasteiger partial charge in [-0.1, -0.05) is 0 Å². The summed E-state index contributed by atoms with van der Waals surface area (Å²) in [5, 5.41) is 0. The molecule has 1 amide bonds. The smallest absolute Gasteiger partial charge is 0.236 e. The molecule has 1 heterocycles. The molecule has 0 bridgehead atoms. The monoisotopic (exact) mass is 249 g/mol. The van der Waals surface area contributed by atoms with E-state index in [1.54, 1.807) is 4.90 Å². The number of nitrogens with two attached hydrogens (primary N) is 1. The SMILES string of the molecule is CC(C)N(C)C(=O)CN1CCCC(N)C1.Cl. The Morgan fingerprint density at radius 3 is 2.69 bits per heavy atom. The molecule has 16 heavy (non-hydrogen) atoms. The molecule has 1 atom stereocenters. The number of likely N-dealkylation sites (tertiary alicyclic amines) is 1. The van der Waals surface area contributed by atoms with Gasteiger partial charge in [0, 0.05) is 25.7 Å². The number of carbonyl (C=O) groups excluding carboxylic acids is 1. The number of hydrogen-bond donors (Lipinski definition) is 1. The van der Waals surface area contributed by atoms with Crippen LogP contribution < -0.4 is 5.73 Å². The van der Waals surface area contributed by atoms with Crippen molar-refractivity contribution < 1.29 is 4.79 Å². The van der Waals surface area contributed by atoms with Crippen LogP contribution in [0.25, 0.3) is 0 Å². The Labute approximate surface area is 105 Å². The third kappa shape index (κ3) is 4.68. The minimum absolute atomic E-state index is 0. The molecule has 1 unspecified atom stereocenters. The van der Waals surface area contributed by atoms with Gasteiger partial charge in [0.15, 0.2) is 0 Å². The minimum Gasteiger partial charge on any atom is -0.342 e. The second kappa shape index (κ2) is 7.09. The maximum absolute atomic E-state index is 11.8. The van der Waals surface area contributed by atoms with Crippen molar-refractivity contribution >= 4 is 18.3 Å². The Bertz CT molecular complexity index is 223. The van der Waals surface area contributed by atoms with Gasteiger partial charge in [-0.3, -0.25) is 9.69 Å². The molecule has 2 N–H and O–H groups in total. The van der Waals surface area contributed by atoms with Crippen molar-refractivity contribution in [2.45, 2.75) is 38.8 Å². The quantitative estimate of drug-likeness (QED) is 0.801. The molecule has 4 nitrogen and oxygen atoms in total. The molecule has 96 valence electrons. The number of halogens is 1. The Balaban J connectivity index is 0.00000225. The lowest BCUT2D eigenvalue weighted by Gasteiger charge is -2.32. The molecule has 0 aliphatic carbocycles. The molecular formula is C11H24ClN3O. The minimum atomic E-state index is 0. The topological polar surface area (TPSA) is 49.6 Å². The molecule has 0 spiro atoms. The zero-order chi connectivity index (χ0) is 11.4. The summed E-state index contributed by atoms with van der Waals surface area (Å²) in [6, 6.07) is 0.520. The average Bonchev–Trinajstić information content (AvgIpc) is 2.16. The second-order valence-corrected chi connectivity index (χ2v) is 4.74. The molecular weight excluding hydrogens is 226 g/mol. The van der Waals surface area contributed by atoms with E-state index in [2.05, 4.69) is 4.90 Å². The van der Waals surface area contributed by atoms with Crippen LogP contribution in [0, 0.1) is 0 Å². The van der Waals surface area contributed by atoms with E-state index in [1.807, 2.05) is 20.9 Å². The van der Waals surface area contributed by atoms with E-state index in [0.717, 1.165) is 25.9 Å². The first kappa shape index (κ1) is 15.7. The van der Waals surface area contributed by atoms with Gasteiger partial charge in [0.2, 0.25) is 5.91 Å². The summed E-state index contributed by atoms with van der Waals surface area (Å²) in [6.07, 6.45) is 2.20. The summed E-state index contributed by atoms with van der Waals surface area (Å²) in [6.45, 7) is 6.44. The molecule has 0 aromatic rings. The molecule has 1 aliphatic heterocycles. The zero-order valence-corrected chi connectivity index (χ0v) is 11.3. The largest absolute Gasteiger partial charge is 0.342 e. The van der Waals surface area contributed by atoms with Gasteiger partial charge in [-0.05, 0) is 33.2 Å². The Kier molecular flexibility index (Phi) is 6.95. The van der Waals surface area contributed by atoms with Crippen molar-refractivity contribution in [3.8, 4) is 0 Å². The van der Waals surface area contributed by atoms with Crippen molar-refractivity contribution in [1.29, 1.82) is 0 Å². The van der Waals surface area contributed by atoms with Crippen molar-refractivity contribution in [2.24, 2.45) is 5.73 Å². The van der Waals surface area contributed by atoms with Gasteiger partial charge < -0.3 is 10.6 Å². The highest BCUT2D eigenvalue weighted by atomic mass is 35.5. The van der Waals surface area contributed by atoms with Gasteiger partial charge in [-0.15, -0.1) is 12.4 Å². The van der Waals surface area contributed by atoms with Gasteiger partial charge in [0.05, 0.1) is 6.54 Å². The van der Waals surface area contributed by atoms with Gasteiger partial charge in [-0.25, -0.2) is 0 Å². The van der Waals surface area contributed by atoms with Gasteiger partial charge in [0.1, 0.15) is 0 Å². The second-order valence-electron chi connectivity index (χ2n) is 4.74. The first-order valence-electron chi connectivity index (χ1n) is 5.74. The van der Waals surface area contributed by atoms with Crippen molar-refractivity contribution in [3.63, 3.8) is 0 Å². The van der Waals surface area contributed by atoms with E-state index >= 15 is 0 Å². The summed E-state index contributed by atoms with van der Waals surface area (Å²) in [5.41, 5.74) is 5.87. The lowest BCUT2D eigenvalue weighted by molar-refractivity contribution is -0.132. The molecule has 1 aliphatic rings. The van der Waals surface area contributed by atoms with Crippen LogP contribution in [0.4, 0.5) is 0 Å². The van der Waals surface area contributed by atoms with E-state index in [-0.39, 0.29) is 30.4 Å². The maximum Gasteiger partial charge on any atom is 0.236 e. The van der Waals surface area contributed by atoms with Crippen molar-refractivity contribution in [3.05, 3.63) is 0 Å². The van der Waals surface area contributed by atoms with Gasteiger partial charge >= 0.3 is 0 Å². The van der Waals surface area contributed by atoms with Crippen molar-refractivity contribution in [2.75, 3.05) is 26.7 Å². The van der Waals surface area contributed by atoms with Crippen LogP contribution in [0.2, 0.25) is 0 Å². The summed E-state index contributed by atoms with van der Waals surface area (Å²) in [5.74, 6) is 0.194. The number of hydrogen-bond acceptors (Lipinski definition) is 3. The highest BCUT2D eigenvalue weighted by molar-refractivity contribution is 5.85. The Morgan fingerprint density at radius 2 is 2.19 bits per heavy atom. The number of nitrogens with zero attached hydrogens (tertiary/aromatic N) is 2. The number of rotatable bonds is 3. The summed E-state index contributed by atoms with van der Waals surface area (Å²) < 4.78 is 0. The standard InChI is InChI=1S/C11H23N3O.ClH/c1-9(2)13(3)11(15)8-14-6-4-5-10(12)7-14;/h9-10H,4-8,12H2,1-3H3;1H. The highest BCUT2D eigenvalue weighted by Crippen LogP contribution is 2.08. The van der Waals surface area contributed by atoms with Gasteiger partial charge in [-0.2, -0.15) is 0 Å². The van der Waals surface area contributed by atoms with Crippen LogP contribution in [0.5, 0.6) is 0 Å². The number of amides is 1. The lowest BCUT2D eigenvalue weighted by Crippen LogP contribution is -2.48. The first-order chi connectivity index (χ1) is 7.00.